The van der Waals surface area contributed by atoms with Gasteiger partial charge in [-0.05, 0) is 26.8 Å². The minimum Gasteiger partial charge on any atom is -0.357 e. The lowest BCUT2D eigenvalue weighted by atomic mass is 10.1. The van der Waals surface area contributed by atoms with E-state index in [1.807, 2.05) is 6.92 Å². The third-order valence-corrected chi connectivity index (χ3v) is 5.18. The van der Waals surface area contributed by atoms with Gasteiger partial charge in [0.15, 0.2) is 5.96 Å². The first kappa shape index (κ1) is 24.0. The van der Waals surface area contributed by atoms with Crippen molar-refractivity contribution < 1.29 is 21.6 Å². The van der Waals surface area contributed by atoms with Gasteiger partial charge in [-0.25, -0.2) is 8.42 Å². The highest BCUT2D eigenvalue weighted by atomic mass is 32.2. The predicted octanol–water partition coefficient (Wildman–Crippen LogP) is 0.545. The van der Waals surface area contributed by atoms with E-state index in [0.717, 1.165) is 25.9 Å². The zero-order valence-electron chi connectivity index (χ0n) is 16.3. The normalized spacial score (nSPS) is 18.1. The Morgan fingerprint density at radius 3 is 2.44 bits per heavy atom. The molecule has 160 valence electrons. The second-order valence-electron chi connectivity index (χ2n) is 7.00. The summed E-state index contributed by atoms with van der Waals surface area (Å²) in [6.45, 7) is 4.30. The van der Waals surface area contributed by atoms with Gasteiger partial charge in [-0.3, -0.25) is 9.89 Å². The lowest BCUT2D eigenvalue weighted by Crippen LogP contribution is -2.49. The Kier molecular flexibility index (Phi) is 9.82. The van der Waals surface area contributed by atoms with Crippen molar-refractivity contribution in [3.05, 3.63) is 0 Å². The van der Waals surface area contributed by atoms with Crippen molar-refractivity contribution in [2.24, 2.45) is 4.99 Å². The number of guanidine groups is 1. The molecule has 0 unspecified atom stereocenters. The van der Waals surface area contributed by atoms with Crippen LogP contribution in [0.5, 0.6) is 0 Å². The first-order valence-corrected chi connectivity index (χ1v) is 11.2. The van der Waals surface area contributed by atoms with E-state index in [-0.39, 0.29) is 24.9 Å². The summed E-state index contributed by atoms with van der Waals surface area (Å²) < 4.78 is 59.5. The van der Waals surface area contributed by atoms with E-state index in [4.69, 9.17) is 0 Å². The number of halogens is 3. The molecule has 0 aromatic rings. The largest absolute Gasteiger partial charge is 0.401 e. The molecule has 1 rings (SSSR count). The van der Waals surface area contributed by atoms with Gasteiger partial charge in [0.1, 0.15) is 9.84 Å². The number of rotatable bonds is 9. The van der Waals surface area contributed by atoms with Crippen LogP contribution in [-0.4, -0.2) is 101 Å². The molecule has 1 aliphatic rings. The summed E-state index contributed by atoms with van der Waals surface area (Å²) in [5.74, 6) is 0.771. The maximum Gasteiger partial charge on any atom is 0.401 e. The topological polar surface area (TPSA) is 77.0 Å². The van der Waals surface area contributed by atoms with Gasteiger partial charge in [-0.2, -0.15) is 13.2 Å². The predicted molar refractivity (Wildman–Crippen MR) is 102 cm³/mol. The Labute approximate surface area is 160 Å². The first-order chi connectivity index (χ1) is 12.5. The van der Waals surface area contributed by atoms with E-state index in [0.29, 0.717) is 19.0 Å². The van der Waals surface area contributed by atoms with E-state index in [1.54, 1.807) is 0 Å². The molecule has 0 amide bonds. The minimum atomic E-state index is -4.20. The highest BCUT2D eigenvalue weighted by molar-refractivity contribution is 7.90. The van der Waals surface area contributed by atoms with Gasteiger partial charge in [0.05, 0.1) is 18.8 Å². The Morgan fingerprint density at radius 2 is 1.93 bits per heavy atom. The van der Waals surface area contributed by atoms with Crippen LogP contribution in [0.1, 0.15) is 19.8 Å². The van der Waals surface area contributed by atoms with Crippen LogP contribution < -0.4 is 10.6 Å². The molecule has 0 bridgehead atoms. The number of alkyl halides is 3. The van der Waals surface area contributed by atoms with Gasteiger partial charge < -0.3 is 15.5 Å². The van der Waals surface area contributed by atoms with Crippen LogP contribution in [-0.2, 0) is 9.84 Å². The van der Waals surface area contributed by atoms with Crippen molar-refractivity contribution in [1.82, 2.24) is 20.4 Å². The molecule has 1 aliphatic heterocycles. The monoisotopic (exact) mass is 415 g/mol. The van der Waals surface area contributed by atoms with Crippen molar-refractivity contribution in [3.63, 3.8) is 0 Å². The SMILES string of the molecule is CCNC(=NCCN(C)CC(F)(F)F)NC1CCN(CCS(C)(=O)=O)CC1. The fourth-order valence-electron chi connectivity index (χ4n) is 2.83. The molecule has 0 aliphatic carbocycles. The molecule has 0 aromatic carbocycles. The first-order valence-electron chi connectivity index (χ1n) is 9.18. The van der Waals surface area contributed by atoms with Gasteiger partial charge in [-0.15, -0.1) is 0 Å². The number of aliphatic imine (C=N–C) groups is 1. The number of nitrogens with one attached hydrogen (secondary N) is 2. The number of nitrogens with zero attached hydrogens (tertiary/aromatic N) is 3. The summed E-state index contributed by atoms with van der Waals surface area (Å²) in [4.78, 5) is 7.69. The van der Waals surface area contributed by atoms with E-state index in [2.05, 4.69) is 20.5 Å². The second kappa shape index (κ2) is 11.1. The van der Waals surface area contributed by atoms with Crippen molar-refractivity contribution in [1.29, 1.82) is 0 Å². The highest BCUT2D eigenvalue weighted by Crippen LogP contribution is 2.15. The van der Waals surface area contributed by atoms with Crippen molar-refractivity contribution in [2.75, 3.05) is 64.9 Å². The molecule has 11 heteroatoms. The smallest absolute Gasteiger partial charge is 0.357 e. The van der Waals surface area contributed by atoms with Gasteiger partial charge in [0.25, 0.3) is 0 Å². The number of hydrogen-bond donors (Lipinski definition) is 2. The van der Waals surface area contributed by atoms with Crippen LogP contribution in [0.2, 0.25) is 0 Å². The van der Waals surface area contributed by atoms with Crippen molar-refractivity contribution in [2.45, 2.75) is 32.0 Å². The van der Waals surface area contributed by atoms with Crippen LogP contribution >= 0.6 is 0 Å². The van der Waals surface area contributed by atoms with Crippen LogP contribution in [0, 0.1) is 0 Å². The minimum absolute atomic E-state index is 0.167. The summed E-state index contributed by atoms with van der Waals surface area (Å²) in [6, 6.07) is 0.213. The zero-order chi connectivity index (χ0) is 20.5. The van der Waals surface area contributed by atoms with E-state index in [9.17, 15) is 21.6 Å². The molecule has 0 aromatic heterocycles. The fraction of sp³-hybridized carbons (Fsp3) is 0.938. The third kappa shape index (κ3) is 12.1. The lowest BCUT2D eigenvalue weighted by molar-refractivity contribution is -0.142. The Bertz CT molecular complexity index is 561. The Balaban J connectivity index is 2.39. The maximum absolute atomic E-state index is 12.3. The van der Waals surface area contributed by atoms with Crippen LogP contribution in [0.4, 0.5) is 13.2 Å². The average Bonchev–Trinajstić information content (AvgIpc) is 2.52. The van der Waals surface area contributed by atoms with Gasteiger partial charge in [0.2, 0.25) is 0 Å². The average molecular weight is 416 g/mol. The number of likely N-dealkylation sites (N-methyl/N-ethyl adjacent to an activating group) is 1. The van der Waals surface area contributed by atoms with Crippen molar-refractivity contribution in [3.8, 4) is 0 Å². The molecular weight excluding hydrogens is 383 g/mol. The zero-order valence-corrected chi connectivity index (χ0v) is 17.2. The second-order valence-corrected chi connectivity index (χ2v) is 9.26. The van der Waals surface area contributed by atoms with Crippen LogP contribution in [0.3, 0.4) is 0 Å². The Morgan fingerprint density at radius 1 is 1.30 bits per heavy atom. The number of likely N-dealkylation sites (tertiary alicyclic amines) is 1. The Hall–Kier alpha value is -1.07. The standard InChI is InChI=1S/C16H32F3N5O2S/c1-4-20-15(21-7-10-23(2)13-16(17,18)19)22-14-5-8-24(9-6-14)11-12-27(3,25)26/h14H,4-13H2,1-3H3,(H2,20,21,22). The van der Waals surface area contributed by atoms with Gasteiger partial charge in [-0.1, -0.05) is 0 Å². The number of piperidine rings is 1. The summed E-state index contributed by atoms with van der Waals surface area (Å²) in [5, 5.41) is 6.44. The summed E-state index contributed by atoms with van der Waals surface area (Å²) in [6.07, 6.45) is -1.23. The molecule has 0 spiro atoms. The molecule has 27 heavy (non-hydrogen) atoms. The van der Waals surface area contributed by atoms with Crippen molar-refractivity contribution >= 4 is 15.8 Å². The molecule has 1 saturated heterocycles. The molecule has 2 N–H and O–H groups in total. The maximum atomic E-state index is 12.3. The van der Waals surface area contributed by atoms with Gasteiger partial charge >= 0.3 is 6.18 Å². The lowest BCUT2D eigenvalue weighted by Gasteiger charge is -2.33. The van der Waals surface area contributed by atoms with Crippen LogP contribution in [0.15, 0.2) is 4.99 Å². The molecule has 0 atom stereocenters. The molecule has 1 fully saturated rings. The van der Waals surface area contributed by atoms with Crippen LogP contribution in [0.25, 0.3) is 0 Å². The van der Waals surface area contributed by atoms with E-state index >= 15 is 0 Å². The molecule has 7 nitrogen and oxygen atoms in total. The summed E-state index contributed by atoms with van der Waals surface area (Å²) in [5.41, 5.74) is 0. The quantitative estimate of drug-likeness (QED) is 0.423. The third-order valence-electron chi connectivity index (χ3n) is 4.25. The summed E-state index contributed by atoms with van der Waals surface area (Å²) in [7, 11) is -1.53. The molecule has 1 heterocycles. The molecule has 0 saturated carbocycles. The van der Waals surface area contributed by atoms with Gasteiger partial charge in [0, 0.05) is 45.0 Å². The fourth-order valence-corrected chi connectivity index (χ4v) is 3.42. The summed E-state index contributed by atoms with van der Waals surface area (Å²) >= 11 is 0. The molecular formula is C16H32F3N5O2S. The number of hydrogen-bond acceptors (Lipinski definition) is 5. The van der Waals surface area contributed by atoms with E-state index < -0.39 is 22.6 Å². The molecule has 0 radical (unpaired) electrons. The highest BCUT2D eigenvalue weighted by Gasteiger charge is 2.28. The number of sulfone groups is 1. The van der Waals surface area contributed by atoms with E-state index in [1.165, 1.54) is 18.2 Å².